The Hall–Kier alpha value is -2.90. The van der Waals surface area contributed by atoms with Crippen LogP contribution in [0.4, 0.5) is 28.9 Å². The topological polar surface area (TPSA) is 58.2 Å². The predicted molar refractivity (Wildman–Crippen MR) is 88.9 cm³/mol. The Balaban J connectivity index is 2.12. The molecule has 2 aromatic rings. The van der Waals surface area contributed by atoms with Crippen LogP contribution in [0.15, 0.2) is 48.5 Å². The Bertz CT molecular complexity index is 815. The number of anilines is 2. The molecule has 2 rings (SSSR count). The molecule has 0 spiro atoms. The molecule has 138 valence electrons. The summed E-state index contributed by atoms with van der Waals surface area (Å²) in [5.41, 5.74) is -2.28. The molecule has 0 aromatic heterocycles. The maximum Gasteiger partial charge on any atom is 0.416 e. The summed E-state index contributed by atoms with van der Waals surface area (Å²) in [5, 5.41) is 4.78. The van der Waals surface area contributed by atoms with Crippen LogP contribution in [0.1, 0.15) is 19.4 Å². The summed E-state index contributed by atoms with van der Waals surface area (Å²) in [4.78, 5) is 24.7. The lowest BCUT2D eigenvalue weighted by molar-refractivity contribution is -0.138. The summed E-state index contributed by atoms with van der Waals surface area (Å²) < 4.78 is 51.1. The number of carbonyl (C=O) groups excluding carboxylic acids is 2. The highest BCUT2D eigenvalue weighted by Crippen LogP contribution is 2.31. The molecule has 4 nitrogen and oxygen atoms in total. The number of alkyl halides is 3. The zero-order valence-electron chi connectivity index (χ0n) is 13.9. The van der Waals surface area contributed by atoms with Crippen molar-refractivity contribution in [1.29, 1.82) is 0 Å². The maximum absolute atomic E-state index is 12.9. The van der Waals surface area contributed by atoms with E-state index in [9.17, 15) is 27.2 Å². The fourth-order valence-corrected chi connectivity index (χ4v) is 1.98. The number of benzene rings is 2. The molecule has 2 amide bonds. The molecule has 8 heteroatoms. The SMILES string of the molecule is CC(C)(C(=O)Nc1ccc(F)cc1)C(=O)Nc1cccc(C(F)(F)F)c1. The summed E-state index contributed by atoms with van der Waals surface area (Å²) >= 11 is 0. The third-order valence-electron chi connectivity index (χ3n) is 3.69. The van der Waals surface area contributed by atoms with Crippen molar-refractivity contribution < 1.29 is 27.2 Å². The number of hydrogen-bond donors (Lipinski definition) is 2. The Morgan fingerprint density at radius 2 is 1.38 bits per heavy atom. The molecule has 0 heterocycles. The van der Waals surface area contributed by atoms with E-state index in [1.54, 1.807) is 0 Å². The normalized spacial score (nSPS) is 11.8. The highest BCUT2D eigenvalue weighted by atomic mass is 19.4. The second kappa shape index (κ2) is 7.15. The van der Waals surface area contributed by atoms with Crippen molar-refractivity contribution in [3.8, 4) is 0 Å². The highest BCUT2D eigenvalue weighted by Gasteiger charge is 2.37. The van der Waals surface area contributed by atoms with Gasteiger partial charge >= 0.3 is 6.18 Å². The van der Waals surface area contributed by atoms with Crippen LogP contribution in [0.5, 0.6) is 0 Å². The van der Waals surface area contributed by atoms with Crippen molar-refractivity contribution >= 4 is 23.2 Å². The summed E-state index contributed by atoms with van der Waals surface area (Å²) in [6.07, 6.45) is -4.55. The van der Waals surface area contributed by atoms with E-state index in [0.29, 0.717) is 0 Å². The van der Waals surface area contributed by atoms with Gasteiger partial charge in [-0.3, -0.25) is 9.59 Å². The Kier molecular flexibility index (Phi) is 5.34. The van der Waals surface area contributed by atoms with E-state index in [4.69, 9.17) is 0 Å². The second-order valence-corrected chi connectivity index (χ2v) is 6.12. The molecular formula is C18H16F4N2O2. The van der Waals surface area contributed by atoms with Crippen LogP contribution in [0, 0.1) is 11.2 Å². The van der Waals surface area contributed by atoms with E-state index < -0.39 is 34.8 Å². The van der Waals surface area contributed by atoms with Crippen molar-refractivity contribution in [3.05, 3.63) is 59.9 Å². The molecule has 0 aliphatic rings. The Labute approximate surface area is 147 Å². The van der Waals surface area contributed by atoms with Gasteiger partial charge in [0.1, 0.15) is 11.2 Å². The third-order valence-corrected chi connectivity index (χ3v) is 3.69. The first-order valence-corrected chi connectivity index (χ1v) is 7.56. The standard InChI is InChI=1S/C18H16F4N2O2/c1-17(2,15(25)23-13-8-6-12(19)7-9-13)16(26)24-14-5-3-4-11(10-14)18(20,21)22/h3-10H,1-2H3,(H,23,25)(H,24,26). The number of hydrogen-bond acceptors (Lipinski definition) is 2. The van der Waals surface area contributed by atoms with Crippen molar-refractivity contribution in [2.24, 2.45) is 5.41 Å². The van der Waals surface area contributed by atoms with Gasteiger partial charge in [-0.15, -0.1) is 0 Å². The smallest absolute Gasteiger partial charge is 0.325 e. The van der Waals surface area contributed by atoms with Crippen LogP contribution >= 0.6 is 0 Å². The average molecular weight is 368 g/mol. The van der Waals surface area contributed by atoms with E-state index >= 15 is 0 Å². The van der Waals surface area contributed by atoms with Gasteiger partial charge in [0.15, 0.2) is 0 Å². The fourth-order valence-electron chi connectivity index (χ4n) is 1.98. The van der Waals surface area contributed by atoms with E-state index in [1.807, 2.05) is 0 Å². The lowest BCUT2D eigenvalue weighted by atomic mass is 9.90. The van der Waals surface area contributed by atoms with Gasteiger partial charge < -0.3 is 10.6 Å². The molecule has 0 fully saturated rings. The third kappa shape index (κ3) is 4.59. The maximum atomic E-state index is 12.9. The van der Waals surface area contributed by atoms with Crippen molar-refractivity contribution in [2.45, 2.75) is 20.0 Å². The van der Waals surface area contributed by atoms with Crippen molar-refractivity contribution in [1.82, 2.24) is 0 Å². The summed E-state index contributed by atoms with van der Waals surface area (Å²) in [6.45, 7) is 2.66. The number of halogens is 4. The Morgan fingerprint density at radius 3 is 1.92 bits per heavy atom. The molecule has 2 N–H and O–H groups in total. The monoisotopic (exact) mass is 368 g/mol. The molecule has 0 aliphatic carbocycles. The summed E-state index contributed by atoms with van der Waals surface area (Å²) in [7, 11) is 0. The van der Waals surface area contributed by atoms with Gasteiger partial charge in [-0.2, -0.15) is 13.2 Å². The number of rotatable bonds is 4. The minimum absolute atomic E-state index is 0.0764. The molecule has 0 bridgehead atoms. The predicted octanol–water partition coefficient (Wildman–Crippen LogP) is 4.45. The van der Waals surface area contributed by atoms with E-state index in [2.05, 4.69) is 10.6 Å². The lowest BCUT2D eigenvalue weighted by Crippen LogP contribution is -2.41. The van der Waals surface area contributed by atoms with Crippen LogP contribution in [-0.2, 0) is 15.8 Å². The highest BCUT2D eigenvalue weighted by molar-refractivity contribution is 6.14. The van der Waals surface area contributed by atoms with Gasteiger partial charge in [0.25, 0.3) is 0 Å². The van der Waals surface area contributed by atoms with E-state index in [1.165, 1.54) is 32.0 Å². The van der Waals surface area contributed by atoms with Crippen molar-refractivity contribution in [2.75, 3.05) is 10.6 Å². The first-order valence-electron chi connectivity index (χ1n) is 7.56. The zero-order chi connectivity index (χ0) is 19.5. The van der Waals surface area contributed by atoms with Gasteiger partial charge in [-0.1, -0.05) is 6.07 Å². The number of carbonyl (C=O) groups is 2. The van der Waals surface area contributed by atoms with Crippen LogP contribution < -0.4 is 10.6 Å². The van der Waals surface area contributed by atoms with Crippen LogP contribution in [-0.4, -0.2) is 11.8 Å². The first-order chi connectivity index (χ1) is 12.0. The fraction of sp³-hybridized carbons (Fsp3) is 0.222. The van der Waals surface area contributed by atoms with E-state index in [0.717, 1.165) is 30.3 Å². The first kappa shape index (κ1) is 19.4. The van der Waals surface area contributed by atoms with E-state index in [-0.39, 0.29) is 11.4 Å². The molecule has 0 saturated heterocycles. The average Bonchev–Trinajstić information content (AvgIpc) is 2.56. The number of amides is 2. The van der Waals surface area contributed by atoms with Gasteiger partial charge in [-0.05, 0) is 56.3 Å². The molecule has 0 aliphatic heterocycles. The van der Waals surface area contributed by atoms with Gasteiger partial charge in [0.05, 0.1) is 5.56 Å². The summed E-state index contributed by atoms with van der Waals surface area (Å²) in [5.74, 6) is -1.95. The minimum Gasteiger partial charge on any atom is -0.325 e. The minimum atomic E-state index is -4.55. The zero-order valence-corrected chi connectivity index (χ0v) is 13.9. The quantitative estimate of drug-likeness (QED) is 0.619. The Morgan fingerprint density at radius 1 is 0.846 bits per heavy atom. The largest absolute Gasteiger partial charge is 0.416 e. The van der Waals surface area contributed by atoms with Gasteiger partial charge in [0, 0.05) is 11.4 Å². The van der Waals surface area contributed by atoms with Crippen LogP contribution in [0.2, 0.25) is 0 Å². The van der Waals surface area contributed by atoms with Crippen LogP contribution in [0.3, 0.4) is 0 Å². The lowest BCUT2D eigenvalue weighted by Gasteiger charge is -2.23. The molecular weight excluding hydrogens is 352 g/mol. The summed E-state index contributed by atoms with van der Waals surface area (Å²) in [6, 6.07) is 9.05. The molecule has 2 aromatic carbocycles. The van der Waals surface area contributed by atoms with Crippen LogP contribution in [0.25, 0.3) is 0 Å². The molecule has 26 heavy (non-hydrogen) atoms. The molecule has 0 atom stereocenters. The molecule has 0 unspecified atom stereocenters. The molecule has 0 radical (unpaired) electrons. The van der Waals surface area contributed by atoms with Gasteiger partial charge in [0.2, 0.25) is 11.8 Å². The second-order valence-electron chi connectivity index (χ2n) is 6.12. The van der Waals surface area contributed by atoms with Crippen molar-refractivity contribution in [3.63, 3.8) is 0 Å². The number of nitrogens with one attached hydrogen (secondary N) is 2. The van der Waals surface area contributed by atoms with Gasteiger partial charge in [-0.25, -0.2) is 4.39 Å². The molecule has 0 saturated carbocycles.